The lowest BCUT2D eigenvalue weighted by Gasteiger charge is -2.42. The van der Waals surface area contributed by atoms with Gasteiger partial charge in [-0.15, -0.1) is 0 Å². The Bertz CT molecular complexity index is 908. The molecule has 1 unspecified atom stereocenters. The van der Waals surface area contributed by atoms with Crippen molar-refractivity contribution in [2.45, 2.75) is 18.6 Å². The van der Waals surface area contributed by atoms with E-state index in [9.17, 15) is 13.2 Å². The number of fused-ring (bicyclic) bond motifs is 1. The van der Waals surface area contributed by atoms with Crippen LogP contribution in [0.25, 0.3) is 0 Å². The zero-order valence-corrected chi connectivity index (χ0v) is 15.2. The summed E-state index contributed by atoms with van der Waals surface area (Å²) in [4.78, 5) is 12.5. The van der Waals surface area contributed by atoms with E-state index in [1.54, 1.807) is 13.4 Å². The van der Waals surface area contributed by atoms with Crippen LogP contribution < -0.4 is 14.5 Å². The topological polar surface area (TPSA) is 41.0 Å². The number of aromatic nitrogens is 1. The first-order chi connectivity index (χ1) is 13.5. The minimum Gasteiger partial charge on any atom is -0.497 e. The van der Waals surface area contributed by atoms with Crippen molar-refractivity contribution in [2.24, 2.45) is 4.99 Å². The van der Waals surface area contributed by atoms with Crippen molar-refractivity contribution < 1.29 is 17.9 Å². The Morgan fingerprint density at radius 3 is 2.75 bits per heavy atom. The number of halogens is 3. The summed E-state index contributed by atoms with van der Waals surface area (Å²) >= 11 is 0. The highest BCUT2D eigenvalue weighted by molar-refractivity contribution is 5.83. The number of methoxy groups -OCH3 is 1. The normalized spacial score (nSPS) is 19.3. The van der Waals surface area contributed by atoms with E-state index in [2.05, 4.69) is 14.9 Å². The van der Waals surface area contributed by atoms with Crippen LogP contribution >= 0.6 is 0 Å². The number of ether oxygens (including phenoxy) is 1. The number of alkyl halides is 3. The molecular formula is C20H19F3N4O. The molecule has 2 aliphatic rings. The molecule has 28 heavy (non-hydrogen) atoms. The van der Waals surface area contributed by atoms with E-state index >= 15 is 0 Å². The summed E-state index contributed by atoms with van der Waals surface area (Å²) in [5.41, 5.74) is 1.39. The van der Waals surface area contributed by atoms with Gasteiger partial charge in [0, 0.05) is 37.2 Å². The summed E-state index contributed by atoms with van der Waals surface area (Å²) in [5.74, 6) is 1.29. The van der Waals surface area contributed by atoms with Crippen LogP contribution in [-0.4, -0.2) is 37.6 Å². The zero-order chi connectivity index (χ0) is 19.7. The van der Waals surface area contributed by atoms with Crippen molar-refractivity contribution in [3.63, 3.8) is 0 Å². The number of rotatable bonds is 3. The van der Waals surface area contributed by atoms with Crippen molar-refractivity contribution in [3.05, 3.63) is 59.9 Å². The van der Waals surface area contributed by atoms with Gasteiger partial charge >= 0.3 is 6.18 Å². The van der Waals surface area contributed by atoms with Gasteiger partial charge < -0.3 is 14.5 Å². The molecule has 0 bridgehead atoms. The predicted octanol–water partition coefficient (Wildman–Crippen LogP) is 4.12. The van der Waals surface area contributed by atoms with E-state index in [0.717, 1.165) is 30.1 Å². The average molecular weight is 388 g/mol. The smallest absolute Gasteiger partial charge is 0.417 e. The third-order valence-corrected chi connectivity index (χ3v) is 5.01. The summed E-state index contributed by atoms with van der Waals surface area (Å²) in [5, 5.41) is 0. The average Bonchev–Trinajstić information content (AvgIpc) is 2.72. The fourth-order valence-electron chi connectivity index (χ4n) is 3.51. The van der Waals surface area contributed by atoms with Gasteiger partial charge in [0.25, 0.3) is 0 Å². The molecule has 2 aliphatic heterocycles. The van der Waals surface area contributed by atoms with Gasteiger partial charge in [0.2, 0.25) is 0 Å². The molecule has 0 radical (unpaired) electrons. The monoisotopic (exact) mass is 388 g/mol. The standard InChI is InChI=1S/C20H19F3N4O/c1-28-17-4-2-3-16(9-17)27-13-24-10-14-7-8-26(12-18(14)27)19-6-5-15(11-25-19)20(21,22)23/h2-6,9-11,13,18H,7-8,12H2,1H3. The lowest BCUT2D eigenvalue weighted by molar-refractivity contribution is -0.137. The van der Waals surface area contributed by atoms with E-state index in [-0.39, 0.29) is 6.04 Å². The van der Waals surface area contributed by atoms with Crippen LogP contribution in [0.4, 0.5) is 24.7 Å². The Morgan fingerprint density at radius 2 is 2.04 bits per heavy atom. The Balaban J connectivity index is 1.57. The van der Waals surface area contributed by atoms with E-state index in [4.69, 9.17) is 4.74 Å². The molecule has 4 rings (SSSR count). The van der Waals surface area contributed by atoms with Crippen molar-refractivity contribution in [1.29, 1.82) is 0 Å². The van der Waals surface area contributed by atoms with E-state index in [0.29, 0.717) is 18.9 Å². The first-order valence-corrected chi connectivity index (χ1v) is 8.88. The number of pyridine rings is 1. The SMILES string of the molecule is COc1cccc(N2C=NC=C3CCN(c4ccc(C(F)(F)F)cn4)CC32)c1. The minimum absolute atomic E-state index is 0.0300. The molecule has 1 fully saturated rings. The maximum absolute atomic E-state index is 12.8. The molecule has 0 N–H and O–H groups in total. The fourth-order valence-corrected chi connectivity index (χ4v) is 3.51. The number of nitrogens with zero attached hydrogens (tertiary/aromatic N) is 4. The Morgan fingerprint density at radius 1 is 1.18 bits per heavy atom. The quantitative estimate of drug-likeness (QED) is 0.793. The summed E-state index contributed by atoms with van der Waals surface area (Å²) in [6, 6.07) is 10.2. The molecule has 1 aromatic heterocycles. The molecule has 0 amide bonds. The van der Waals surface area contributed by atoms with Gasteiger partial charge in [-0.3, -0.25) is 0 Å². The molecular weight excluding hydrogens is 369 g/mol. The van der Waals surface area contributed by atoms with Crippen LogP contribution in [0.5, 0.6) is 5.75 Å². The van der Waals surface area contributed by atoms with Crippen molar-refractivity contribution >= 4 is 17.8 Å². The molecule has 146 valence electrons. The largest absolute Gasteiger partial charge is 0.497 e. The van der Waals surface area contributed by atoms with Crippen LogP contribution in [0.3, 0.4) is 0 Å². The van der Waals surface area contributed by atoms with Gasteiger partial charge in [0.1, 0.15) is 11.6 Å². The number of hydrogen-bond donors (Lipinski definition) is 0. The lowest BCUT2D eigenvalue weighted by Crippen LogP contribution is -2.50. The first kappa shape index (κ1) is 18.3. The third kappa shape index (κ3) is 3.54. The first-order valence-electron chi connectivity index (χ1n) is 8.88. The van der Waals surface area contributed by atoms with Crippen LogP contribution in [-0.2, 0) is 6.18 Å². The predicted molar refractivity (Wildman–Crippen MR) is 102 cm³/mol. The number of benzene rings is 1. The van der Waals surface area contributed by atoms with Crippen LogP contribution in [0, 0.1) is 0 Å². The molecule has 2 aromatic rings. The van der Waals surface area contributed by atoms with E-state index in [1.165, 1.54) is 11.6 Å². The maximum atomic E-state index is 12.8. The van der Waals surface area contributed by atoms with Gasteiger partial charge in [0.05, 0.1) is 25.1 Å². The Kier molecular flexibility index (Phi) is 4.70. The molecule has 0 spiro atoms. The molecule has 3 heterocycles. The molecule has 1 atom stereocenters. The molecule has 1 saturated heterocycles. The maximum Gasteiger partial charge on any atom is 0.417 e. The van der Waals surface area contributed by atoms with Crippen molar-refractivity contribution in [3.8, 4) is 5.75 Å². The Hall–Kier alpha value is -3.03. The highest BCUT2D eigenvalue weighted by Gasteiger charge is 2.33. The third-order valence-electron chi connectivity index (χ3n) is 5.01. The summed E-state index contributed by atoms with van der Waals surface area (Å²) < 4.78 is 43.7. The van der Waals surface area contributed by atoms with Crippen molar-refractivity contribution in [1.82, 2.24) is 4.98 Å². The van der Waals surface area contributed by atoms with Crippen LogP contribution in [0.1, 0.15) is 12.0 Å². The Labute approximate surface area is 160 Å². The number of piperidine rings is 1. The molecule has 0 saturated carbocycles. The van der Waals surface area contributed by atoms with Gasteiger partial charge in [-0.05, 0) is 36.3 Å². The van der Waals surface area contributed by atoms with E-state index < -0.39 is 11.7 Å². The van der Waals surface area contributed by atoms with Gasteiger partial charge in [0.15, 0.2) is 0 Å². The number of anilines is 2. The van der Waals surface area contributed by atoms with Crippen LogP contribution in [0.15, 0.2) is 59.4 Å². The van der Waals surface area contributed by atoms with Gasteiger partial charge in [-0.2, -0.15) is 13.2 Å². The summed E-state index contributed by atoms with van der Waals surface area (Å²) in [6.45, 7) is 1.29. The second kappa shape index (κ2) is 7.18. The van der Waals surface area contributed by atoms with Gasteiger partial charge in [-0.1, -0.05) is 6.07 Å². The molecule has 0 aliphatic carbocycles. The summed E-state index contributed by atoms with van der Waals surface area (Å²) in [6.07, 6.45) is 0.922. The summed E-state index contributed by atoms with van der Waals surface area (Å²) in [7, 11) is 1.62. The molecule has 5 nitrogen and oxygen atoms in total. The van der Waals surface area contributed by atoms with Crippen LogP contribution in [0.2, 0.25) is 0 Å². The minimum atomic E-state index is -4.38. The zero-order valence-electron chi connectivity index (χ0n) is 15.2. The fraction of sp³-hybridized carbons (Fsp3) is 0.300. The number of hydrogen-bond acceptors (Lipinski definition) is 5. The molecule has 8 heteroatoms. The molecule has 1 aromatic carbocycles. The second-order valence-corrected chi connectivity index (χ2v) is 6.69. The van der Waals surface area contributed by atoms with Crippen molar-refractivity contribution in [2.75, 3.05) is 30.0 Å². The lowest BCUT2D eigenvalue weighted by atomic mass is 9.96. The highest BCUT2D eigenvalue weighted by Crippen LogP contribution is 2.33. The van der Waals surface area contributed by atoms with E-state index in [1.807, 2.05) is 35.4 Å². The second-order valence-electron chi connectivity index (χ2n) is 6.69. The van der Waals surface area contributed by atoms with Gasteiger partial charge in [-0.25, -0.2) is 9.98 Å². The number of aliphatic imine (C=N–C) groups is 1. The highest BCUT2D eigenvalue weighted by atomic mass is 19.4.